The van der Waals surface area contributed by atoms with E-state index in [1.807, 2.05) is 6.92 Å². The lowest BCUT2D eigenvalue weighted by atomic mass is 10.3. The van der Waals surface area contributed by atoms with E-state index < -0.39 is 5.97 Å². The van der Waals surface area contributed by atoms with Crippen molar-refractivity contribution >= 4 is 23.4 Å². The zero-order valence-electron chi connectivity index (χ0n) is 11.1. The Morgan fingerprint density at radius 3 is 2.67 bits per heavy atom. The Hall–Kier alpha value is -1.20. The van der Waals surface area contributed by atoms with Gasteiger partial charge < -0.3 is 10.0 Å². The summed E-state index contributed by atoms with van der Waals surface area (Å²) >= 11 is 1.58. The molecule has 0 atom stereocenters. The number of carboxylic acids is 1. The molecule has 0 aliphatic heterocycles. The molecule has 18 heavy (non-hydrogen) atoms. The molecule has 0 bridgehead atoms. The van der Waals surface area contributed by atoms with Gasteiger partial charge in [-0.1, -0.05) is 13.8 Å². The highest BCUT2D eigenvalue weighted by atomic mass is 32.1. The summed E-state index contributed by atoms with van der Waals surface area (Å²) in [6, 6.07) is 0. The smallest absolute Gasteiger partial charge is 0.328 e. The molecule has 0 fully saturated rings. The lowest BCUT2D eigenvalue weighted by Crippen LogP contribution is -2.25. The van der Waals surface area contributed by atoms with Crippen LogP contribution in [0.3, 0.4) is 0 Å². The predicted molar refractivity (Wildman–Crippen MR) is 75.0 cm³/mol. The minimum absolute atomic E-state index is 0.909. The van der Waals surface area contributed by atoms with Crippen molar-refractivity contribution < 1.29 is 9.90 Å². The molecule has 0 saturated carbocycles. The fraction of sp³-hybridized carbons (Fsp3) is 0.538. The molecule has 4 nitrogen and oxygen atoms in total. The molecule has 5 heteroatoms. The highest BCUT2D eigenvalue weighted by Gasteiger charge is 2.07. The Bertz CT molecular complexity index is 423. The van der Waals surface area contributed by atoms with E-state index in [0.29, 0.717) is 0 Å². The molecule has 1 aromatic heterocycles. The van der Waals surface area contributed by atoms with E-state index >= 15 is 0 Å². The Morgan fingerprint density at radius 1 is 1.44 bits per heavy atom. The van der Waals surface area contributed by atoms with Crippen LogP contribution in [0.2, 0.25) is 0 Å². The summed E-state index contributed by atoms with van der Waals surface area (Å²) in [5, 5.41) is 9.68. The molecule has 0 unspecified atom stereocenters. The van der Waals surface area contributed by atoms with Gasteiger partial charge in [-0.3, -0.25) is 0 Å². The molecule has 0 aliphatic rings. The fourth-order valence-electron chi connectivity index (χ4n) is 1.67. The predicted octanol–water partition coefficient (Wildman–Crippen LogP) is 2.43. The van der Waals surface area contributed by atoms with Crippen LogP contribution < -0.4 is 0 Å². The third-order valence-electron chi connectivity index (χ3n) is 2.79. The Labute approximate surface area is 112 Å². The number of aliphatic carboxylic acids is 1. The van der Waals surface area contributed by atoms with Gasteiger partial charge in [-0.25, -0.2) is 9.78 Å². The van der Waals surface area contributed by atoms with Crippen LogP contribution in [0.15, 0.2) is 6.08 Å². The van der Waals surface area contributed by atoms with Crippen molar-refractivity contribution in [2.24, 2.45) is 0 Å². The summed E-state index contributed by atoms with van der Waals surface area (Å²) in [5.74, 6) is -0.924. The highest BCUT2D eigenvalue weighted by molar-refractivity contribution is 7.12. The van der Waals surface area contributed by atoms with Crippen LogP contribution in [0.4, 0.5) is 0 Å². The normalized spacial score (nSPS) is 11.6. The van der Waals surface area contributed by atoms with Gasteiger partial charge in [0.15, 0.2) is 0 Å². The number of rotatable bonds is 7. The molecule has 1 aromatic rings. The molecule has 0 spiro atoms. The molecule has 1 N–H and O–H groups in total. The second kappa shape index (κ2) is 7.28. The number of hydrogen-bond acceptors (Lipinski definition) is 4. The van der Waals surface area contributed by atoms with Crippen molar-refractivity contribution in [3.8, 4) is 0 Å². The number of aromatic nitrogens is 1. The zero-order valence-corrected chi connectivity index (χ0v) is 12.0. The average Bonchev–Trinajstić information content (AvgIpc) is 2.68. The van der Waals surface area contributed by atoms with Crippen molar-refractivity contribution in [1.82, 2.24) is 9.88 Å². The van der Waals surface area contributed by atoms with Gasteiger partial charge in [-0.2, -0.15) is 0 Å². The van der Waals surface area contributed by atoms with Crippen LogP contribution in [0, 0.1) is 6.92 Å². The summed E-state index contributed by atoms with van der Waals surface area (Å²) in [6.07, 6.45) is 3.71. The first-order valence-corrected chi connectivity index (χ1v) is 6.98. The van der Waals surface area contributed by atoms with Gasteiger partial charge >= 0.3 is 5.97 Å². The van der Waals surface area contributed by atoms with Crippen LogP contribution in [0.25, 0.3) is 6.08 Å². The quantitative estimate of drug-likeness (QED) is 0.772. The summed E-state index contributed by atoms with van der Waals surface area (Å²) in [5.41, 5.74) is 0.909. The van der Waals surface area contributed by atoms with Crippen LogP contribution in [-0.2, 0) is 11.2 Å². The van der Waals surface area contributed by atoms with Crippen molar-refractivity contribution in [3.05, 3.63) is 21.7 Å². The lowest BCUT2D eigenvalue weighted by molar-refractivity contribution is -0.131. The monoisotopic (exact) mass is 268 g/mol. The first kappa shape index (κ1) is 14.9. The minimum atomic E-state index is -0.924. The van der Waals surface area contributed by atoms with Crippen molar-refractivity contribution in [3.63, 3.8) is 0 Å². The topological polar surface area (TPSA) is 53.4 Å². The molecule has 0 saturated heterocycles. The number of likely N-dealkylation sites (N-methyl/N-ethyl adjacent to an activating group) is 1. The van der Waals surface area contributed by atoms with Crippen molar-refractivity contribution in [1.29, 1.82) is 0 Å². The van der Waals surface area contributed by atoms with Crippen LogP contribution in [0.1, 0.15) is 29.4 Å². The Kier molecular flexibility index (Phi) is 6.01. The maximum absolute atomic E-state index is 10.5. The van der Waals surface area contributed by atoms with Gasteiger partial charge in [0.2, 0.25) is 0 Å². The molecule has 1 heterocycles. The van der Waals surface area contributed by atoms with Crippen LogP contribution in [0.5, 0.6) is 0 Å². The molecule has 0 radical (unpaired) electrons. The molecule has 0 aromatic carbocycles. The van der Waals surface area contributed by atoms with E-state index in [1.54, 1.807) is 17.4 Å². The van der Waals surface area contributed by atoms with Crippen LogP contribution >= 0.6 is 11.3 Å². The van der Waals surface area contributed by atoms with E-state index in [0.717, 1.165) is 47.7 Å². The van der Waals surface area contributed by atoms with Crippen molar-refractivity contribution in [2.45, 2.75) is 27.2 Å². The summed E-state index contributed by atoms with van der Waals surface area (Å²) in [6.45, 7) is 9.31. The maximum atomic E-state index is 10.5. The fourth-order valence-corrected chi connectivity index (χ4v) is 2.63. The standard InChI is InChI=1S/C13H20N2O2S/c1-4-15(5-2)9-8-12-14-10(3)11(18-12)6-7-13(16)17/h6-7H,4-5,8-9H2,1-3H3,(H,16,17)/b7-6+. The number of nitrogens with zero attached hydrogens (tertiary/aromatic N) is 2. The maximum Gasteiger partial charge on any atom is 0.328 e. The van der Waals surface area contributed by atoms with E-state index in [-0.39, 0.29) is 0 Å². The average molecular weight is 268 g/mol. The molecule has 1 rings (SSSR count). The van der Waals surface area contributed by atoms with E-state index in [9.17, 15) is 4.79 Å². The molecular formula is C13H20N2O2S. The minimum Gasteiger partial charge on any atom is -0.478 e. The summed E-state index contributed by atoms with van der Waals surface area (Å²) < 4.78 is 0. The second-order valence-electron chi connectivity index (χ2n) is 4.01. The third-order valence-corrected chi connectivity index (χ3v) is 3.97. The van der Waals surface area contributed by atoms with E-state index in [4.69, 9.17) is 5.11 Å². The Morgan fingerprint density at radius 2 is 2.11 bits per heavy atom. The second-order valence-corrected chi connectivity index (χ2v) is 5.12. The summed E-state index contributed by atoms with van der Waals surface area (Å²) in [4.78, 5) is 18.2. The van der Waals surface area contributed by atoms with Crippen molar-refractivity contribution in [2.75, 3.05) is 19.6 Å². The number of thiazole rings is 1. The van der Waals surface area contributed by atoms with Gasteiger partial charge in [-0.15, -0.1) is 11.3 Å². The largest absolute Gasteiger partial charge is 0.478 e. The SMILES string of the molecule is CCN(CC)CCc1nc(C)c(/C=C/C(=O)O)s1. The Balaban J connectivity index is 2.63. The number of carbonyl (C=O) groups is 1. The van der Waals surface area contributed by atoms with Gasteiger partial charge in [0.05, 0.1) is 15.6 Å². The first-order chi connectivity index (χ1) is 8.56. The highest BCUT2D eigenvalue weighted by Crippen LogP contribution is 2.20. The van der Waals surface area contributed by atoms with Gasteiger partial charge in [0, 0.05) is 19.0 Å². The van der Waals surface area contributed by atoms with Crippen LogP contribution in [-0.4, -0.2) is 40.6 Å². The molecule has 0 amide bonds. The van der Waals surface area contributed by atoms with Gasteiger partial charge in [-0.05, 0) is 26.1 Å². The van der Waals surface area contributed by atoms with Gasteiger partial charge in [0.1, 0.15) is 0 Å². The summed E-state index contributed by atoms with van der Waals surface area (Å²) in [7, 11) is 0. The van der Waals surface area contributed by atoms with E-state index in [2.05, 4.69) is 23.7 Å². The first-order valence-electron chi connectivity index (χ1n) is 6.16. The molecule has 100 valence electrons. The molecule has 0 aliphatic carbocycles. The number of carboxylic acid groups (broad SMARTS) is 1. The number of aryl methyl sites for hydroxylation is 1. The molecular weight excluding hydrogens is 248 g/mol. The van der Waals surface area contributed by atoms with Gasteiger partial charge in [0.25, 0.3) is 0 Å². The zero-order chi connectivity index (χ0) is 13.5. The number of hydrogen-bond donors (Lipinski definition) is 1. The lowest BCUT2D eigenvalue weighted by Gasteiger charge is -2.16. The van der Waals surface area contributed by atoms with E-state index in [1.165, 1.54) is 0 Å². The third kappa shape index (κ3) is 4.58.